The predicted octanol–water partition coefficient (Wildman–Crippen LogP) is 1.62. The van der Waals surface area contributed by atoms with E-state index in [9.17, 15) is 4.79 Å². The van der Waals surface area contributed by atoms with E-state index in [1.165, 1.54) is 7.11 Å². The zero-order valence-electron chi connectivity index (χ0n) is 10.5. The van der Waals surface area contributed by atoms with Gasteiger partial charge in [0.15, 0.2) is 0 Å². The fourth-order valence-electron chi connectivity index (χ4n) is 1.95. The van der Waals surface area contributed by atoms with Crippen molar-refractivity contribution in [1.29, 1.82) is 0 Å². The fraction of sp³-hybridized carbons (Fsp3) is 0.167. The monoisotopic (exact) mass is 291 g/mol. The minimum absolute atomic E-state index is 0.00955. The molecule has 1 aromatic carbocycles. The highest BCUT2D eigenvalue weighted by atomic mass is 35.5. The molecule has 1 aromatic heterocycles. The zero-order chi connectivity index (χ0) is 14.1. The third kappa shape index (κ3) is 2.23. The second-order valence-corrected chi connectivity index (χ2v) is 4.38. The number of fused-ring (bicyclic) bond motifs is 1. The van der Waals surface area contributed by atoms with Crippen molar-refractivity contribution in [3.8, 4) is 6.01 Å². The summed E-state index contributed by atoms with van der Waals surface area (Å²) in [6.07, 6.45) is 0. The van der Waals surface area contributed by atoms with E-state index < -0.39 is 0 Å². The summed E-state index contributed by atoms with van der Waals surface area (Å²) in [6, 6.07) is 7.47. The molecular formula is C12H10ClN5O2. The molecule has 2 heterocycles. The Morgan fingerprint density at radius 2 is 2.10 bits per heavy atom. The Hall–Kier alpha value is -2.41. The van der Waals surface area contributed by atoms with Crippen molar-refractivity contribution < 1.29 is 9.53 Å². The van der Waals surface area contributed by atoms with Gasteiger partial charge in [-0.15, -0.1) is 0 Å². The highest BCUT2D eigenvalue weighted by molar-refractivity contribution is 6.28. The normalized spacial score (nSPS) is 13.7. The topological polar surface area (TPSA) is 80.2 Å². The van der Waals surface area contributed by atoms with E-state index in [4.69, 9.17) is 16.3 Å². The molecule has 20 heavy (non-hydrogen) atoms. The number of carbonyl (C=O) groups is 1. The maximum atomic E-state index is 11.8. The summed E-state index contributed by atoms with van der Waals surface area (Å²) in [7, 11) is 1.44. The molecule has 0 atom stereocenters. The van der Waals surface area contributed by atoms with Crippen LogP contribution in [0.4, 0.5) is 17.3 Å². The van der Waals surface area contributed by atoms with Crippen LogP contribution >= 0.6 is 11.6 Å². The molecule has 102 valence electrons. The Balaban J connectivity index is 2.10. The van der Waals surface area contributed by atoms with Gasteiger partial charge in [0.25, 0.3) is 0 Å². The second kappa shape index (κ2) is 4.93. The molecule has 0 bridgehead atoms. The van der Waals surface area contributed by atoms with Crippen LogP contribution in [0.1, 0.15) is 0 Å². The van der Waals surface area contributed by atoms with E-state index in [0.29, 0.717) is 5.69 Å². The Kier molecular flexibility index (Phi) is 3.11. The summed E-state index contributed by atoms with van der Waals surface area (Å²) in [5.41, 5.74) is 1.48. The molecule has 0 unspecified atom stereocenters. The van der Waals surface area contributed by atoms with Crippen LogP contribution in [0.5, 0.6) is 6.01 Å². The summed E-state index contributed by atoms with van der Waals surface area (Å²) < 4.78 is 4.97. The number of methoxy groups -OCH3 is 1. The van der Waals surface area contributed by atoms with Gasteiger partial charge in [0.05, 0.1) is 18.5 Å². The van der Waals surface area contributed by atoms with E-state index >= 15 is 0 Å². The SMILES string of the molecule is COc1nc(Cl)nc(N2CC(=O)Nc3ccccc32)n1. The van der Waals surface area contributed by atoms with E-state index in [-0.39, 0.29) is 29.7 Å². The number of nitrogens with one attached hydrogen (secondary N) is 1. The van der Waals surface area contributed by atoms with E-state index in [0.717, 1.165) is 5.69 Å². The number of nitrogens with zero attached hydrogens (tertiary/aromatic N) is 4. The van der Waals surface area contributed by atoms with Crippen molar-refractivity contribution in [2.45, 2.75) is 0 Å². The molecule has 1 N–H and O–H groups in total. The van der Waals surface area contributed by atoms with Crippen LogP contribution in [0, 0.1) is 0 Å². The van der Waals surface area contributed by atoms with Crippen LogP contribution in [0.3, 0.4) is 0 Å². The molecule has 0 saturated carbocycles. The lowest BCUT2D eigenvalue weighted by molar-refractivity contribution is -0.115. The van der Waals surface area contributed by atoms with Gasteiger partial charge in [0.2, 0.25) is 17.1 Å². The number of para-hydroxylation sites is 2. The molecule has 7 nitrogen and oxygen atoms in total. The first-order valence-corrected chi connectivity index (χ1v) is 6.17. The number of amides is 1. The second-order valence-electron chi connectivity index (χ2n) is 4.04. The van der Waals surface area contributed by atoms with Crippen LogP contribution < -0.4 is 15.0 Å². The van der Waals surface area contributed by atoms with Crippen LogP contribution in [-0.4, -0.2) is 34.5 Å². The van der Waals surface area contributed by atoms with Crippen molar-refractivity contribution in [3.05, 3.63) is 29.5 Å². The average molecular weight is 292 g/mol. The van der Waals surface area contributed by atoms with Gasteiger partial charge in [-0.25, -0.2) is 0 Å². The third-order valence-corrected chi connectivity index (χ3v) is 2.94. The quantitative estimate of drug-likeness (QED) is 0.906. The highest BCUT2D eigenvalue weighted by Crippen LogP contribution is 2.33. The van der Waals surface area contributed by atoms with Gasteiger partial charge in [-0.3, -0.25) is 9.69 Å². The first kappa shape index (κ1) is 12.6. The number of hydrogen-bond acceptors (Lipinski definition) is 6. The molecule has 3 rings (SSSR count). The molecule has 0 radical (unpaired) electrons. The summed E-state index contributed by atoms with van der Waals surface area (Å²) in [6.45, 7) is 0.0977. The number of anilines is 3. The molecule has 0 aliphatic carbocycles. The number of ether oxygens (including phenoxy) is 1. The molecule has 1 aliphatic heterocycles. The van der Waals surface area contributed by atoms with Gasteiger partial charge in [-0.05, 0) is 23.7 Å². The van der Waals surface area contributed by atoms with Gasteiger partial charge in [-0.2, -0.15) is 15.0 Å². The first-order chi connectivity index (χ1) is 9.67. The maximum absolute atomic E-state index is 11.8. The molecule has 0 spiro atoms. The average Bonchev–Trinajstić information content (AvgIpc) is 2.45. The summed E-state index contributed by atoms with van der Waals surface area (Å²) >= 11 is 5.84. The Bertz CT molecular complexity index is 679. The minimum Gasteiger partial charge on any atom is -0.467 e. The number of benzene rings is 1. The summed E-state index contributed by atoms with van der Waals surface area (Å²) in [4.78, 5) is 25.4. The number of halogens is 1. The van der Waals surface area contributed by atoms with Gasteiger partial charge in [-0.1, -0.05) is 12.1 Å². The fourth-order valence-corrected chi connectivity index (χ4v) is 2.09. The van der Waals surface area contributed by atoms with Crippen LogP contribution in [-0.2, 0) is 4.79 Å². The zero-order valence-corrected chi connectivity index (χ0v) is 11.3. The Morgan fingerprint density at radius 3 is 2.90 bits per heavy atom. The van der Waals surface area contributed by atoms with E-state index in [1.807, 2.05) is 18.2 Å². The first-order valence-electron chi connectivity index (χ1n) is 5.79. The third-order valence-electron chi connectivity index (χ3n) is 2.77. The van der Waals surface area contributed by atoms with Crippen molar-refractivity contribution in [2.24, 2.45) is 0 Å². The van der Waals surface area contributed by atoms with Crippen LogP contribution in [0.15, 0.2) is 24.3 Å². The Morgan fingerprint density at radius 1 is 1.30 bits per heavy atom. The highest BCUT2D eigenvalue weighted by Gasteiger charge is 2.25. The molecular weight excluding hydrogens is 282 g/mol. The lowest BCUT2D eigenvalue weighted by atomic mass is 10.2. The Labute approximate surface area is 119 Å². The molecule has 8 heteroatoms. The van der Waals surface area contributed by atoms with Gasteiger partial charge < -0.3 is 10.1 Å². The summed E-state index contributed by atoms with van der Waals surface area (Å²) in [5, 5.41) is 2.80. The molecule has 0 saturated heterocycles. The number of carbonyl (C=O) groups excluding carboxylic acids is 1. The van der Waals surface area contributed by atoms with E-state index in [2.05, 4.69) is 20.3 Å². The van der Waals surface area contributed by atoms with Gasteiger partial charge in [0.1, 0.15) is 6.54 Å². The standard InChI is InChI=1S/C12H10ClN5O2/c1-20-12-16-10(13)15-11(17-12)18-6-9(19)14-7-4-2-3-5-8(7)18/h2-5H,6H2,1H3,(H,14,19). The van der Waals surface area contributed by atoms with E-state index in [1.54, 1.807) is 11.0 Å². The smallest absolute Gasteiger partial charge is 0.322 e. The number of aromatic nitrogens is 3. The van der Waals surface area contributed by atoms with Crippen LogP contribution in [0.25, 0.3) is 0 Å². The van der Waals surface area contributed by atoms with Crippen molar-refractivity contribution in [3.63, 3.8) is 0 Å². The van der Waals surface area contributed by atoms with Gasteiger partial charge >= 0.3 is 6.01 Å². The largest absolute Gasteiger partial charge is 0.467 e. The molecule has 2 aromatic rings. The minimum atomic E-state index is -0.154. The molecule has 1 amide bonds. The molecule has 0 fully saturated rings. The van der Waals surface area contributed by atoms with Crippen molar-refractivity contribution in [1.82, 2.24) is 15.0 Å². The number of rotatable bonds is 2. The predicted molar refractivity (Wildman–Crippen MR) is 73.5 cm³/mol. The van der Waals surface area contributed by atoms with Crippen molar-refractivity contribution in [2.75, 3.05) is 23.9 Å². The van der Waals surface area contributed by atoms with Gasteiger partial charge in [0, 0.05) is 0 Å². The lowest BCUT2D eigenvalue weighted by Gasteiger charge is -2.28. The lowest BCUT2D eigenvalue weighted by Crippen LogP contribution is -2.36. The number of hydrogen-bond donors (Lipinski definition) is 1. The molecule has 1 aliphatic rings. The van der Waals surface area contributed by atoms with Crippen molar-refractivity contribution >= 4 is 34.8 Å². The summed E-state index contributed by atoms with van der Waals surface area (Å²) in [5.74, 6) is 0.114. The maximum Gasteiger partial charge on any atom is 0.322 e. The van der Waals surface area contributed by atoms with Crippen LogP contribution in [0.2, 0.25) is 5.28 Å².